The van der Waals surface area contributed by atoms with Crippen molar-refractivity contribution < 1.29 is 89.9 Å². The van der Waals surface area contributed by atoms with Crippen molar-refractivity contribution in [3.8, 4) is 0 Å². The van der Waals surface area contributed by atoms with Crippen molar-refractivity contribution in [3.63, 3.8) is 0 Å². The van der Waals surface area contributed by atoms with E-state index < -0.39 is 41.4 Å². The number of carbonyl (C=O) groups is 1. The first-order chi connectivity index (χ1) is 10.1. The fourth-order valence-corrected chi connectivity index (χ4v) is 3.83. The van der Waals surface area contributed by atoms with E-state index >= 15 is 0 Å². The van der Waals surface area contributed by atoms with Crippen molar-refractivity contribution >= 4 is 26.0 Å². The Balaban J connectivity index is 0.00000264. The van der Waals surface area contributed by atoms with Gasteiger partial charge in [0, 0.05) is 11.1 Å². The first-order valence-corrected chi connectivity index (χ1v) is 8.58. The third-order valence-electron chi connectivity index (χ3n) is 2.78. The van der Waals surface area contributed by atoms with Crippen LogP contribution in [0, 0.1) is 0 Å². The maximum Gasteiger partial charge on any atom is 1.00 e. The summed E-state index contributed by atoms with van der Waals surface area (Å²) in [5.74, 6) is -0.875. The van der Waals surface area contributed by atoms with Gasteiger partial charge in [0.15, 0.2) is 5.78 Å². The third kappa shape index (κ3) is 5.46. The molecule has 0 aliphatic heterocycles. The van der Waals surface area contributed by atoms with E-state index in [0.717, 1.165) is 12.1 Å². The van der Waals surface area contributed by atoms with Crippen LogP contribution >= 0.6 is 0 Å². The third-order valence-corrected chi connectivity index (χ3v) is 4.73. The number of carbonyl (C=O) groups excluding carboxylic acids is 1. The van der Waals surface area contributed by atoms with Crippen molar-refractivity contribution in [2.24, 2.45) is 0 Å². The predicted octanol–water partition coefficient (Wildman–Crippen LogP) is -5.27. The molecule has 0 saturated heterocycles. The Morgan fingerprint density at radius 1 is 0.750 bits per heavy atom. The fraction of sp³-hybridized carbons (Fsp3) is 0. The first-order valence-electron chi connectivity index (χ1n) is 5.77. The van der Waals surface area contributed by atoms with Crippen molar-refractivity contribution in [1.82, 2.24) is 0 Å². The summed E-state index contributed by atoms with van der Waals surface area (Å²) in [5, 5.41) is 0. The number of hydrogen-bond donors (Lipinski definition) is 0. The minimum absolute atomic E-state index is 0. The maximum absolute atomic E-state index is 12.3. The van der Waals surface area contributed by atoms with Gasteiger partial charge in [-0.25, -0.2) is 16.8 Å². The summed E-state index contributed by atoms with van der Waals surface area (Å²) in [4.78, 5) is 9.74. The summed E-state index contributed by atoms with van der Waals surface area (Å²) in [5.41, 5.74) is -0.606. The number of benzene rings is 2. The Kier molecular flexibility index (Phi) is 9.01. The molecule has 2 aromatic carbocycles. The van der Waals surface area contributed by atoms with Crippen LogP contribution in [0.5, 0.6) is 0 Å². The SMILES string of the molecule is O=C(c1ccccc1)c1cccc(S(=O)(=O)[O-])c1S(=O)(=O)[O-].[Na+].[Na+]. The van der Waals surface area contributed by atoms with E-state index in [-0.39, 0.29) is 64.7 Å². The van der Waals surface area contributed by atoms with Crippen molar-refractivity contribution in [1.29, 1.82) is 0 Å². The molecular formula is C13H8Na2O7S2. The Morgan fingerprint density at radius 2 is 1.29 bits per heavy atom. The topological polar surface area (TPSA) is 131 Å². The minimum Gasteiger partial charge on any atom is -0.744 e. The van der Waals surface area contributed by atoms with E-state index in [1.54, 1.807) is 6.07 Å². The molecule has 0 fully saturated rings. The second-order valence-corrected chi connectivity index (χ2v) is 6.90. The van der Waals surface area contributed by atoms with Gasteiger partial charge in [-0.05, 0) is 12.1 Å². The molecule has 11 heteroatoms. The van der Waals surface area contributed by atoms with Crippen molar-refractivity contribution in [2.75, 3.05) is 0 Å². The molecule has 24 heavy (non-hydrogen) atoms. The largest absolute Gasteiger partial charge is 1.00 e. The molecule has 0 aromatic heterocycles. The molecule has 0 heterocycles. The molecular weight excluding hydrogens is 378 g/mol. The summed E-state index contributed by atoms with van der Waals surface area (Å²) in [6.45, 7) is 0. The van der Waals surface area contributed by atoms with Gasteiger partial charge in [0.2, 0.25) is 0 Å². The molecule has 0 spiro atoms. The van der Waals surface area contributed by atoms with Gasteiger partial charge < -0.3 is 9.11 Å². The summed E-state index contributed by atoms with van der Waals surface area (Å²) < 4.78 is 67.5. The second-order valence-electron chi connectivity index (χ2n) is 4.24. The summed E-state index contributed by atoms with van der Waals surface area (Å²) >= 11 is 0. The zero-order valence-electron chi connectivity index (χ0n) is 12.8. The second kappa shape index (κ2) is 9.04. The van der Waals surface area contributed by atoms with Gasteiger partial charge >= 0.3 is 59.1 Å². The van der Waals surface area contributed by atoms with Crippen LogP contribution < -0.4 is 59.1 Å². The van der Waals surface area contributed by atoms with Gasteiger partial charge in [-0.1, -0.05) is 36.4 Å². The van der Waals surface area contributed by atoms with Gasteiger partial charge in [0.25, 0.3) is 0 Å². The zero-order chi connectivity index (χ0) is 16.5. The first kappa shape index (κ1) is 23.9. The van der Waals surface area contributed by atoms with E-state index in [4.69, 9.17) is 0 Å². The molecule has 2 aromatic rings. The van der Waals surface area contributed by atoms with E-state index in [2.05, 4.69) is 0 Å². The van der Waals surface area contributed by atoms with Crippen LogP contribution in [0.3, 0.4) is 0 Å². The van der Waals surface area contributed by atoms with Crippen LogP contribution in [-0.2, 0) is 20.2 Å². The molecule has 0 bridgehead atoms. The van der Waals surface area contributed by atoms with Crippen LogP contribution in [0.15, 0.2) is 58.3 Å². The van der Waals surface area contributed by atoms with Crippen LogP contribution in [0.1, 0.15) is 15.9 Å². The standard InChI is InChI=1S/C13H10O7S2.2Na/c14-12(9-5-2-1-3-6-9)10-7-4-8-11(21(15,16)17)13(10)22(18,19)20;;/h1-8H,(H,15,16,17)(H,18,19,20);;/q;2*+1/p-2. The number of rotatable bonds is 4. The number of hydrogen-bond acceptors (Lipinski definition) is 7. The molecule has 0 aliphatic rings. The molecule has 0 saturated carbocycles. The summed E-state index contributed by atoms with van der Waals surface area (Å²) in [7, 11) is -10.6. The Labute approximate surface area is 183 Å². The Bertz CT molecular complexity index is 940. The molecule has 2 rings (SSSR count). The van der Waals surface area contributed by atoms with Gasteiger partial charge in [0.1, 0.15) is 20.2 Å². The molecule has 0 N–H and O–H groups in total. The quantitative estimate of drug-likeness (QED) is 0.291. The normalized spacial score (nSPS) is 11.1. The monoisotopic (exact) mass is 386 g/mol. The molecule has 7 nitrogen and oxygen atoms in total. The Hall–Kier alpha value is -0.0700. The molecule has 0 radical (unpaired) electrons. The Morgan fingerprint density at radius 3 is 1.75 bits per heavy atom. The number of ketones is 1. The summed E-state index contributed by atoms with van der Waals surface area (Å²) in [6.07, 6.45) is 0. The van der Waals surface area contributed by atoms with Crippen molar-refractivity contribution in [3.05, 3.63) is 59.7 Å². The van der Waals surface area contributed by atoms with Gasteiger partial charge in [0.05, 0.1) is 9.79 Å². The van der Waals surface area contributed by atoms with E-state index in [0.29, 0.717) is 6.07 Å². The average molecular weight is 386 g/mol. The van der Waals surface area contributed by atoms with E-state index in [1.165, 1.54) is 24.3 Å². The maximum atomic E-state index is 12.3. The molecule has 0 amide bonds. The van der Waals surface area contributed by atoms with Crippen LogP contribution in [-0.4, -0.2) is 31.7 Å². The van der Waals surface area contributed by atoms with E-state index in [1.807, 2.05) is 0 Å². The van der Waals surface area contributed by atoms with Gasteiger partial charge in [-0.15, -0.1) is 0 Å². The zero-order valence-corrected chi connectivity index (χ0v) is 18.4. The molecule has 0 unspecified atom stereocenters. The predicted molar refractivity (Wildman–Crippen MR) is 72.2 cm³/mol. The van der Waals surface area contributed by atoms with Gasteiger partial charge in [-0.2, -0.15) is 0 Å². The minimum atomic E-state index is -5.35. The van der Waals surface area contributed by atoms with Crippen LogP contribution in [0.2, 0.25) is 0 Å². The van der Waals surface area contributed by atoms with Crippen LogP contribution in [0.4, 0.5) is 0 Å². The van der Waals surface area contributed by atoms with E-state index in [9.17, 15) is 30.7 Å². The average Bonchev–Trinajstić information content (AvgIpc) is 2.45. The van der Waals surface area contributed by atoms with Gasteiger partial charge in [-0.3, -0.25) is 4.79 Å². The smallest absolute Gasteiger partial charge is 0.744 e. The van der Waals surface area contributed by atoms with Crippen LogP contribution in [0.25, 0.3) is 0 Å². The van der Waals surface area contributed by atoms with Crippen molar-refractivity contribution in [2.45, 2.75) is 9.79 Å². The summed E-state index contributed by atoms with van der Waals surface area (Å²) in [6, 6.07) is 10.0. The fourth-order valence-electron chi connectivity index (χ4n) is 1.89. The molecule has 116 valence electrons. The molecule has 0 atom stereocenters. The molecule has 0 aliphatic carbocycles.